The van der Waals surface area contributed by atoms with Crippen molar-refractivity contribution < 1.29 is 28.4 Å². The van der Waals surface area contributed by atoms with Gasteiger partial charge >= 0.3 is 0 Å². The molecule has 2 aromatic rings. The van der Waals surface area contributed by atoms with Gasteiger partial charge < -0.3 is 34.2 Å². The normalized spacial score (nSPS) is 18.0. The zero-order chi connectivity index (χ0) is 20.3. The number of nitrogens with two attached hydrogens (primary N) is 1. The van der Waals surface area contributed by atoms with E-state index in [9.17, 15) is 0 Å². The van der Waals surface area contributed by atoms with E-state index in [0.717, 1.165) is 5.56 Å². The van der Waals surface area contributed by atoms with Crippen LogP contribution in [0.5, 0.6) is 28.7 Å². The van der Waals surface area contributed by atoms with E-state index in [1.54, 1.807) is 46.8 Å². The largest absolute Gasteiger partial charge is 0.493 e. The van der Waals surface area contributed by atoms with E-state index in [2.05, 4.69) is 4.99 Å². The van der Waals surface area contributed by atoms with E-state index in [0.29, 0.717) is 40.0 Å². The molecule has 0 saturated heterocycles. The molecule has 1 unspecified atom stereocenters. The number of nitrogen functional groups attached to an aromatic ring is 1. The van der Waals surface area contributed by atoms with Crippen LogP contribution in [0.3, 0.4) is 0 Å². The van der Waals surface area contributed by atoms with Gasteiger partial charge in [-0.2, -0.15) is 0 Å². The Hall–Kier alpha value is -3.13. The molecule has 0 fully saturated rings. The summed E-state index contributed by atoms with van der Waals surface area (Å²) >= 11 is 0. The summed E-state index contributed by atoms with van der Waals surface area (Å²) in [6.45, 7) is 0.186. The SMILES string of the molecule is COc1cc(C2(c3ccc(OC)c(OC)c3OC)C=NCO2)cc(N)c1OC. The lowest BCUT2D eigenvalue weighted by atomic mass is 9.85. The predicted molar refractivity (Wildman–Crippen MR) is 105 cm³/mol. The minimum atomic E-state index is -1.04. The van der Waals surface area contributed by atoms with E-state index in [4.69, 9.17) is 34.2 Å². The van der Waals surface area contributed by atoms with E-state index < -0.39 is 5.60 Å². The summed E-state index contributed by atoms with van der Waals surface area (Å²) in [5, 5.41) is 0. The first-order chi connectivity index (χ1) is 13.6. The van der Waals surface area contributed by atoms with Crippen molar-refractivity contribution in [1.29, 1.82) is 0 Å². The van der Waals surface area contributed by atoms with Crippen molar-refractivity contribution in [3.63, 3.8) is 0 Å². The summed E-state index contributed by atoms with van der Waals surface area (Å²) in [7, 11) is 7.76. The van der Waals surface area contributed by atoms with Gasteiger partial charge in [0, 0.05) is 11.8 Å². The van der Waals surface area contributed by atoms with Crippen LogP contribution in [0.4, 0.5) is 5.69 Å². The fraction of sp³-hybridized carbons (Fsp3) is 0.350. The van der Waals surface area contributed by atoms with Crippen LogP contribution in [0.2, 0.25) is 0 Å². The number of hydrogen-bond acceptors (Lipinski definition) is 8. The number of nitrogens with zero attached hydrogens (tertiary/aromatic N) is 1. The van der Waals surface area contributed by atoms with Crippen LogP contribution in [0.25, 0.3) is 0 Å². The van der Waals surface area contributed by atoms with Crippen molar-refractivity contribution in [2.45, 2.75) is 5.60 Å². The smallest absolute Gasteiger partial charge is 0.203 e. The molecule has 1 aliphatic rings. The van der Waals surface area contributed by atoms with Gasteiger partial charge in [-0.3, -0.25) is 4.99 Å². The maximum atomic E-state index is 6.20. The molecule has 0 saturated carbocycles. The minimum absolute atomic E-state index is 0.186. The Kier molecular flexibility index (Phi) is 5.51. The summed E-state index contributed by atoms with van der Waals surface area (Å²) in [5.74, 6) is 2.42. The van der Waals surface area contributed by atoms with E-state index in [1.807, 2.05) is 12.1 Å². The van der Waals surface area contributed by atoms with Gasteiger partial charge in [-0.25, -0.2) is 0 Å². The Morgan fingerprint density at radius 3 is 2.07 bits per heavy atom. The van der Waals surface area contributed by atoms with Gasteiger partial charge in [0.1, 0.15) is 6.73 Å². The molecule has 150 valence electrons. The van der Waals surface area contributed by atoms with Crippen LogP contribution in [0.1, 0.15) is 11.1 Å². The quantitative estimate of drug-likeness (QED) is 0.729. The van der Waals surface area contributed by atoms with Gasteiger partial charge in [-0.1, -0.05) is 0 Å². The lowest BCUT2D eigenvalue weighted by molar-refractivity contribution is 0.0611. The molecule has 1 heterocycles. The van der Waals surface area contributed by atoms with Crippen LogP contribution in [0, 0.1) is 0 Å². The van der Waals surface area contributed by atoms with E-state index in [1.165, 1.54) is 7.11 Å². The second-order valence-electron chi connectivity index (χ2n) is 6.00. The fourth-order valence-electron chi connectivity index (χ4n) is 3.40. The van der Waals surface area contributed by atoms with Crippen LogP contribution >= 0.6 is 0 Å². The molecule has 3 rings (SSSR count). The second-order valence-corrected chi connectivity index (χ2v) is 6.00. The van der Waals surface area contributed by atoms with Gasteiger partial charge in [0.15, 0.2) is 28.6 Å². The molecule has 0 bridgehead atoms. The van der Waals surface area contributed by atoms with Gasteiger partial charge in [0.05, 0.1) is 41.2 Å². The highest BCUT2D eigenvalue weighted by molar-refractivity contribution is 5.82. The zero-order valence-corrected chi connectivity index (χ0v) is 16.6. The monoisotopic (exact) mass is 388 g/mol. The van der Waals surface area contributed by atoms with Crippen LogP contribution in [-0.2, 0) is 10.3 Å². The Labute approximate surface area is 163 Å². The summed E-state index contributed by atoms with van der Waals surface area (Å²) < 4.78 is 33.5. The highest BCUT2D eigenvalue weighted by Gasteiger charge is 2.41. The molecule has 1 aliphatic heterocycles. The summed E-state index contributed by atoms with van der Waals surface area (Å²) in [5.41, 5.74) is 6.99. The number of ether oxygens (including phenoxy) is 6. The summed E-state index contributed by atoms with van der Waals surface area (Å²) in [6, 6.07) is 7.22. The van der Waals surface area contributed by atoms with Crippen molar-refractivity contribution in [2.24, 2.45) is 4.99 Å². The Bertz CT molecular complexity index is 899. The van der Waals surface area contributed by atoms with Crippen molar-refractivity contribution >= 4 is 11.9 Å². The third kappa shape index (κ3) is 2.95. The zero-order valence-electron chi connectivity index (χ0n) is 16.6. The standard InChI is InChI=1S/C20H24N2O6/c1-23-15-7-6-13(17(25-3)19(15)27-5)20(10-22-11-28-20)12-8-14(21)18(26-4)16(9-12)24-2/h6-10H,11,21H2,1-5H3. The average Bonchev–Trinajstić information content (AvgIpc) is 3.22. The van der Waals surface area contributed by atoms with Gasteiger partial charge in [0.2, 0.25) is 5.75 Å². The van der Waals surface area contributed by atoms with Crippen molar-refractivity contribution in [3.8, 4) is 28.7 Å². The van der Waals surface area contributed by atoms with Crippen LogP contribution in [0.15, 0.2) is 29.3 Å². The van der Waals surface area contributed by atoms with E-state index in [-0.39, 0.29) is 6.73 Å². The molecule has 2 aromatic carbocycles. The van der Waals surface area contributed by atoms with E-state index >= 15 is 0 Å². The van der Waals surface area contributed by atoms with Gasteiger partial charge in [0.25, 0.3) is 0 Å². The maximum Gasteiger partial charge on any atom is 0.203 e. The van der Waals surface area contributed by atoms with Crippen molar-refractivity contribution in [2.75, 3.05) is 48.0 Å². The molecule has 0 aliphatic carbocycles. The summed E-state index contributed by atoms with van der Waals surface area (Å²) in [4.78, 5) is 4.30. The lowest BCUT2D eigenvalue weighted by Crippen LogP contribution is -2.30. The second kappa shape index (κ2) is 7.85. The first-order valence-electron chi connectivity index (χ1n) is 8.52. The minimum Gasteiger partial charge on any atom is -0.493 e. The first kappa shape index (κ1) is 19.6. The highest BCUT2D eigenvalue weighted by Crippen LogP contribution is 2.49. The molecule has 1 atom stereocenters. The van der Waals surface area contributed by atoms with Crippen LogP contribution < -0.4 is 29.4 Å². The van der Waals surface area contributed by atoms with Crippen molar-refractivity contribution in [3.05, 3.63) is 35.4 Å². The number of methoxy groups -OCH3 is 5. The number of benzene rings is 2. The third-order valence-electron chi connectivity index (χ3n) is 4.68. The Morgan fingerprint density at radius 1 is 0.857 bits per heavy atom. The Balaban J connectivity index is 2.29. The molecule has 2 N–H and O–H groups in total. The van der Waals surface area contributed by atoms with Crippen molar-refractivity contribution in [1.82, 2.24) is 0 Å². The fourth-order valence-corrected chi connectivity index (χ4v) is 3.40. The topological polar surface area (TPSA) is 93.8 Å². The number of hydrogen-bond donors (Lipinski definition) is 1. The molecule has 0 amide bonds. The average molecular weight is 388 g/mol. The molecule has 8 heteroatoms. The molecular formula is C20H24N2O6. The van der Waals surface area contributed by atoms with Gasteiger partial charge in [-0.05, 0) is 29.8 Å². The molecule has 28 heavy (non-hydrogen) atoms. The molecule has 8 nitrogen and oxygen atoms in total. The molecule has 0 aromatic heterocycles. The third-order valence-corrected chi connectivity index (χ3v) is 4.68. The molecule has 0 radical (unpaired) electrons. The lowest BCUT2D eigenvalue weighted by Gasteiger charge is -2.30. The first-order valence-corrected chi connectivity index (χ1v) is 8.52. The number of anilines is 1. The highest BCUT2D eigenvalue weighted by atomic mass is 16.5. The summed E-state index contributed by atoms with van der Waals surface area (Å²) in [6.07, 6.45) is 1.72. The van der Waals surface area contributed by atoms with Crippen LogP contribution in [-0.4, -0.2) is 48.5 Å². The predicted octanol–water partition coefficient (Wildman–Crippen LogP) is 2.61. The number of aliphatic imine (C=N–C) groups is 1. The molecular weight excluding hydrogens is 364 g/mol. The van der Waals surface area contributed by atoms with Gasteiger partial charge in [-0.15, -0.1) is 0 Å². The number of rotatable bonds is 7. The maximum absolute atomic E-state index is 6.20. The Morgan fingerprint density at radius 2 is 1.54 bits per heavy atom. The molecule has 0 spiro atoms.